The third-order valence-electron chi connectivity index (χ3n) is 4.53. The van der Waals surface area contributed by atoms with Gasteiger partial charge in [0, 0.05) is 29.9 Å². The first kappa shape index (κ1) is 16.1. The number of aryl methyl sites for hydroxylation is 1. The topological polar surface area (TPSA) is 102 Å². The van der Waals surface area contributed by atoms with E-state index in [1.165, 1.54) is 6.33 Å². The van der Waals surface area contributed by atoms with Crippen LogP contribution in [0.2, 0.25) is 0 Å². The Morgan fingerprint density at radius 1 is 1.00 bits per heavy atom. The molecule has 28 heavy (non-hydrogen) atoms. The zero-order valence-corrected chi connectivity index (χ0v) is 14.9. The Hall–Kier alpha value is -4.07. The molecule has 136 valence electrons. The number of phenolic OH excluding ortho intramolecular Hbond substituents is 1. The molecule has 3 heterocycles. The van der Waals surface area contributed by atoms with Crippen molar-refractivity contribution >= 4 is 33.3 Å². The Labute approximate surface area is 159 Å². The second-order valence-corrected chi connectivity index (χ2v) is 6.44. The van der Waals surface area contributed by atoms with Crippen LogP contribution in [0.5, 0.6) is 5.75 Å². The molecule has 5 rings (SSSR count). The normalized spacial score (nSPS) is 11.2. The molecule has 0 aliphatic carbocycles. The van der Waals surface area contributed by atoms with E-state index < -0.39 is 0 Å². The third kappa shape index (κ3) is 2.77. The lowest BCUT2D eigenvalue weighted by molar-refractivity contribution is 0.482. The SMILES string of the molecule is Cn1cc(-c2cc(O)c3c(Nc4ccc5nnccc5c4)ncnc3c2)cn1. The lowest BCUT2D eigenvalue weighted by Crippen LogP contribution is -1.97. The van der Waals surface area contributed by atoms with Crippen molar-refractivity contribution in [2.45, 2.75) is 0 Å². The van der Waals surface area contributed by atoms with Crippen LogP contribution in [0.25, 0.3) is 32.9 Å². The van der Waals surface area contributed by atoms with Crippen molar-refractivity contribution in [1.82, 2.24) is 29.9 Å². The van der Waals surface area contributed by atoms with E-state index in [1.807, 2.05) is 43.6 Å². The predicted octanol–water partition coefficient (Wildman–Crippen LogP) is 3.42. The van der Waals surface area contributed by atoms with Gasteiger partial charge >= 0.3 is 0 Å². The van der Waals surface area contributed by atoms with Gasteiger partial charge in [0.2, 0.25) is 0 Å². The Kier molecular flexibility index (Phi) is 3.61. The molecule has 0 spiro atoms. The summed E-state index contributed by atoms with van der Waals surface area (Å²) in [5.74, 6) is 0.632. The zero-order chi connectivity index (χ0) is 19.1. The molecule has 0 fully saturated rings. The Balaban J connectivity index is 1.59. The van der Waals surface area contributed by atoms with Gasteiger partial charge in [-0.3, -0.25) is 4.68 Å². The van der Waals surface area contributed by atoms with Crippen LogP contribution < -0.4 is 5.32 Å². The highest BCUT2D eigenvalue weighted by atomic mass is 16.3. The maximum Gasteiger partial charge on any atom is 0.145 e. The number of benzene rings is 2. The molecule has 8 nitrogen and oxygen atoms in total. The lowest BCUT2D eigenvalue weighted by Gasteiger charge is -2.11. The van der Waals surface area contributed by atoms with Gasteiger partial charge in [0.25, 0.3) is 0 Å². The van der Waals surface area contributed by atoms with Crippen molar-refractivity contribution in [2.24, 2.45) is 7.05 Å². The summed E-state index contributed by atoms with van der Waals surface area (Å²) >= 11 is 0. The molecule has 0 unspecified atom stereocenters. The highest BCUT2D eigenvalue weighted by Gasteiger charge is 2.13. The third-order valence-corrected chi connectivity index (χ3v) is 4.53. The zero-order valence-electron chi connectivity index (χ0n) is 14.9. The minimum atomic E-state index is 0.103. The van der Waals surface area contributed by atoms with Crippen molar-refractivity contribution in [3.8, 4) is 16.9 Å². The minimum Gasteiger partial charge on any atom is -0.507 e. The van der Waals surface area contributed by atoms with E-state index in [1.54, 1.807) is 23.1 Å². The molecule has 8 heteroatoms. The van der Waals surface area contributed by atoms with Crippen molar-refractivity contribution < 1.29 is 5.11 Å². The molecule has 0 amide bonds. The van der Waals surface area contributed by atoms with Gasteiger partial charge in [-0.1, -0.05) is 0 Å². The quantitative estimate of drug-likeness (QED) is 0.502. The van der Waals surface area contributed by atoms with Gasteiger partial charge in [-0.05, 0) is 42.0 Å². The number of fused-ring (bicyclic) bond motifs is 2. The summed E-state index contributed by atoms with van der Waals surface area (Å²) in [7, 11) is 1.85. The standard InChI is InChI=1S/C20H15N7O/c1-27-10-14(9-24-27)13-7-17-19(18(28)8-13)20(22-11-21-17)25-15-2-3-16-12(6-15)4-5-23-26-16/h2-11,28H,1H3,(H,21,22,25). The van der Waals surface area contributed by atoms with Gasteiger partial charge in [-0.2, -0.15) is 15.3 Å². The molecule has 0 saturated carbocycles. The monoisotopic (exact) mass is 369 g/mol. The van der Waals surface area contributed by atoms with Crippen molar-refractivity contribution in [1.29, 1.82) is 0 Å². The number of hydrogen-bond acceptors (Lipinski definition) is 7. The number of rotatable bonds is 3. The van der Waals surface area contributed by atoms with Crippen LogP contribution in [-0.2, 0) is 7.05 Å². The van der Waals surface area contributed by atoms with Crippen LogP contribution in [0.1, 0.15) is 0 Å². The fourth-order valence-electron chi connectivity index (χ4n) is 3.20. The Morgan fingerprint density at radius 2 is 1.93 bits per heavy atom. The first-order valence-electron chi connectivity index (χ1n) is 8.62. The number of phenols is 1. The van der Waals surface area contributed by atoms with Crippen LogP contribution in [0.4, 0.5) is 11.5 Å². The first-order valence-corrected chi connectivity index (χ1v) is 8.62. The Morgan fingerprint density at radius 3 is 2.79 bits per heavy atom. The fraction of sp³-hybridized carbons (Fsp3) is 0.0500. The summed E-state index contributed by atoms with van der Waals surface area (Å²) < 4.78 is 1.72. The highest BCUT2D eigenvalue weighted by Crippen LogP contribution is 2.35. The summed E-state index contributed by atoms with van der Waals surface area (Å²) in [5.41, 5.74) is 4.03. The van der Waals surface area contributed by atoms with Crippen molar-refractivity contribution in [3.05, 3.63) is 61.3 Å². The van der Waals surface area contributed by atoms with Gasteiger partial charge < -0.3 is 10.4 Å². The van der Waals surface area contributed by atoms with Crippen molar-refractivity contribution in [2.75, 3.05) is 5.32 Å². The molecule has 3 aromatic heterocycles. The number of aromatic hydroxyl groups is 1. The molecule has 0 bridgehead atoms. The summed E-state index contributed by atoms with van der Waals surface area (Å²) in [5, 5.41) is 27.6. The van der Waals surface area contributed by atoms with E-state index >= 15 is 0 Å². The van der Waals surface area contributed by atoms with E-state index in [0.29, 0.717) is 16.7 Å². The van der Waals surface area contributed by atoms with Crippen LogP contribution in [-0.4, -0.2) is 35.1 Å². The molecule has 0 radical (unpaired) electrons. The molecular formula is C20H15N7O. The lowest BCUT2D eigenvalue weighted by atomic mass is 10.1. The van der Waals surface area contributed by atoms with Gasteiger partial charge in [0.15, 0.2) is 0 Å². The van der Waals surface area contributed by atoms with Crippen LogP contribution in [0, 0.1) is 0 Å². The minimum absolute atomic E-state index is 0.103. The van der Waals surface area contributed by atoms with E-state index in [4.69, 9.17) is 0 Å². The molecule has 2 N–H and O–H groups in total. The van der Waals surface area contributed by atoms with Gasteiger partial charge in [-0.15, -0.1) is 0 Å². The molecule has 2 aromatic carbocycles. The summed E-state index contributed by atoms with van der Waals surface area (Å²) in [6.45, 7) is 0. The summed E-state index contributed by atoms with van der Waals surface area (Å²) in [4.78, 5) is 8.65. The summed E-state index contributed by atoms with van der Waals surface area (Å²) in [6, 6.07) is 11.2. The number of aromatic nitrogens is 6. The highest BCUT2D eigenvalue weighted by molar-refractivity contribution is 5.98. The van der Waals surface area contributed by atoms with Crippen LogP contribution in [0.3, 0.4) is 0 Å². The largest absolute Gasteiger partial charge is 0.507 e. The van der Waals surface area contributed by atoms with E-state index in [9.17, 15) is 5.11 Å². The maximum atomic E-state index is 10.7. The molecule has 0 aliphatic rings. The fourth-order valence-corrected chi connectivity index (χ4v) is 3.20. The summed E-state index contributed by atoms with van der Waals surface area (Å²) in [6.07, 6.45) is 6.76. The van der Waals surface area contributed by atoms with Gasteiger partial charge in [0.1, 0.15) is 17.9 Å². The smallest absolute Gasteiger partial charge is 0.145 e. The second-order valence-electron chi connectivity index (χ2n) is 6.44. The van der Waals surface area contributed by atoms with E-state index in [2.05, 4.69) is 30.6 Å². The van der Waals surface area contributed by atoms with E-state index in [0.717, 1.165) is 27.7 Å². The predicted molar refractivity (Wildman–Crippen MR) is 106 cm³/mol. The molecule has 5 aromatic rings. The molecule has 0 aliphatic heterocycles. The number of nitrogens with zero attached hydrogens (tertiary/aromatic N) is 6. The maximum absolute atomic E-state index is 10.7. The number of anilines is 2. The average Bonchev–Trinajstić information content (AvgIpc) is 3.14. The van der Waals surface area contributed by atoms with Gasteiger partial charge in [-0.25, -0.2) is 9.97 Å². The first-order chi connectivity index (χ1) is 13.7. The number of hydrogen-bond donors (Lipinski definition) is 2. The molecule has 0 atom stereocenters. The van der Waals surface area contributed by atoms with Crippen LogP contribution >= 0.6 is 0 Å². The molecule has 0 saturated heterocycles. The Bertz CT molecular complexity index is 1330. The average molecular weight is 369 g/mol. The van der Waals surface area contributed by atoms with E-state index in [-0.39, 0.29) is 5.75 Å². The van der Waals surface area contributed by atoms with Crippen molar-refractivity contribution in [3.63, 3.8) is 0 Å². The van der Waals surface area contributed by atoms with Crippen LogP contribution in [0.15, 0.2) is 61.3 Å². The van der Waals surface area contributed by atoms with Gasteiger partial charge in [0.05, 0.1) is 28.8 Å². The number of nitrogens with one attached hydrogen (secondary N) is 1. The molecular weight excluding hydrogens is 354 g/mol. The second kappa shape index (κ2) is 6.27.